The van der Waals surface area contributed by atoms with Crippen molar-refractivity contribution in [3.63, 3.8) is 0 Å². The lowest BCUT2D eigenvalue weighted by Gasteiger charge is -2.11. The molecule has 0 aliphatic heterocycles. The first kappa shape index (κ1) is 11.7. The van der Waals surface area contributed by atoms with Crippen molar-refractivity contribution in [1.29, 1.82) is 0 Å². The van der Waals surface area contributed by atoms with Crippen LogP contribution in [0.2, 0.25) is 0 Å². The minimum atomic E-state index is -0.913. The van der Waals surface area contributed by atoms with Crippen molar-refractivity contribution >= 4 is 5.97 Å². The SMILES string of the molecule is O=C(O)Cc1cccc(CO)c1CCO. The Balaban J connectivity index is 3.06. The van der Waals surface area contributed by atoms with Gasteiger partial charge in [-0.3, -0.25) is 4.79 Å². The van der Waals surface area contributed by atoms with Crippen molar-refractivity contribution in [1.82, 2.24) is 0 Å². The van der Waals surface area contributed by atoms with Crippen LogP contribution < -0.4 is 0 Å². The lowest BCUT2D eigenvalue weighted by molar-refractivity contribution is -0.136. The van der Waals surface area contributed by atoms with Crippen LogP contribution in [0, 0.1) is 0 Å². The molecule has 1 rings (SSSR count). The number of carboxylic acids is 1. The van der Waals surface area contributed by atoms with Gasteiger partial charge in [-0.1, -0.05) is 18.2 Å². The summed E-state index contributed by atoms with van der Waals surface area (Å²) in [6, 6.07) is 5.15. The molecular weight excluding hydrogens is 196 g/mol. The Morgan fingerprint density at radius 1 is 1.20 bits per heavy atom. The van der Waals surface area contributed by atoms with E-state index in [1.165, 1.54) is 0 Å². The lowest BCUT2D eigenvalue weighted by Crippen LogP contribution is -2.07. The van der Waals surface area contributed by atoms with Gasteiger partial charge in [-0.05, 0) is 23.1 Å². The number of aliphatic hydroxyl groups is 2. The summed E-state index contributed by atoms with van der Waals surface area (Å²) >= 11 is 0. The van der Waals surface area contributed by atoms with Crippen molar-refractivity contribution in [2.24, 2.45) is 0 Å². The van der Waals surface area contributed by atoms with E-state index in [1.54, 1.807) is 18.2 Å². The Kier molecular flexibility index (Phi) is 4.27. The van der Waals surface area contributed by atoms with Crippen LogP contribution in [-0.4, -0.2) is 27.9 Å². The maximum atomic E-state index is 10.6. The normalized spacial score (nSPS) is 10.3. The zero-order chi connectivity index (χ0) is 11.3. The Morgan fingerprint density at radius 3 is 2.40 bits per heavy atom. The zero-order valence-electron chi connectivity index (χ0n) is 8.31. The summed E-state index contributed by atoms with van der Waals surface area (Å²) in [5.41, 5.74) is 2.08. The third-order valence-electron chi connectivity index (χ3n) is 2.24. The van der Waals surface area contributed by atoms with Gasteiger partial charge in [-0.15, -0.1) is 0 Å². The molecule has 0 heterocycles. The molecule has 0 fully saturated rings. The van der Waals surface area contributed by atoms with Crippen molar-refractivity contribution in [3.05, 3.63) is 34.9 Å². The average Bonchev–Trinajstić information content (AvgIpc) is 2.20. The highest BCUT2D eigenvalue weighted by atomic mass is 16.4. The molecule has 0 amide bonds. The van der Waals surface area contributed by atoms with Crippen LogP contribution in [-0.2, 0) is 24.2 Å². The van der Waals surface area contributed by atoms with Gasteiger partial charge in [0.25, 0.3) is 0 Å². The number of aliphatic hydroxyl groups excluding tert-OH is 2. The van der Waals surface area contributed by atoms with E-state index in [0.29, 0.717) is 17.5 Å². The second-order valence-electron chi connectivity index (χ2n) is 3.26. The number of carbonyl (C=O) groups is 1. The smallest absolute Gasteiger partial charge is 0.307 e. The molecule has 0 unspecified atom stereocenters. The predicted molar refractivity (Wildman–Crippen MR) is 54.5 cm³/mol. The van der Waals surface area contributed by atoms with E-state index in [4.69, 9.17) is 15.3 Å². The Hall–Kier alpha value is -1.39. The van der Waals surface area contributed by atoms with Gasteiger partial charge >= 0.3 is 5.97 Å². The summed E-state index contributed by atoms with van der Waals surface area (Å²) in [6.45, 7) is -0.188. The van der Waals surface area contributed by atoms with Crippen LogP contribution in [0.25, 0.3) is 0 Å². The second kappa shape index (κ2) is 5.48. The van der Waals surface area contributed by atoms with Crippen molar-refractivity contribution < 1.29 is 20.1 Å². The van der Waals surface area contributed by atoms with Crippen LogP contribution in [0.5, 0.6) is 0 Å². The van der Waals surface area contributed by atoms with Crippen LogP contribution in [0.3, 0.4) is 0 Å². The molecule has 0 saturated carbocycles. The molecular formula is C11H14O4. The van der Waals surface area contributed by atoms with Crippen molar-refractivity contribution in [2.45, 2.75) is 19.4 Å². The third kappa shape index (κ3) is 3.04. The molecule has 3 N–H and O–H groups in total. The van der Waals surface area contributed by atoms with Gasteiger partial charge in [-0.2, -0.15) is 0 Å². The third-order valence-corrected chi connectivity index (χ3v) is 2.24. The van der Waals surface area contributed by atoms with E-state index in [9.17, 15) is 4.79 Å². The summed E-state index contributed by atoms with van der Waals surface area (Å²) in [7, 11) is 0. The highest BCUT2D eigenvalue weighted by Crippen LogP contribution is 2.16. The molecule has 0 aliphatic carbocycles. The van der Waals surface area contributed by atoms with Gasteiger partial charge < -0.3 is 15.3 Å². The fourth-order valence-electron chi connectivity index (χ4n) is 1.60. The molecule has 0 radical (unpaired) electrons. The van der Waals surface area contributed by atoms with Gasteiger partial charge in [0.2, 0.25) is 0 Å². The number of benzene rings is 1. The van der Waals surface area contributed by atoms with Gasteiger partial charge in [0, 0.05) is 6.61 Å². The predicted octanol–water partition coefficient (Wildman–Crippen LogP) is 0.341. The van der Waals surface area contributed by atoms with Gasteiger partial charge in [0.1, 0.15) is 0 Å². The van der Waals surface area contributed by atoms with Crippen molar-refractivity contribution in [2.75, 3.05) is 6.61 Å². The molecule has 15 heavy (non-hydrogen) atoms. The summed E-state index contributed by atoms with van der Waals surface area (Å²) in [5, 5.41) is 26.6. The van der Waals surface area contributed by atoms with Crippen LogP contribution >= 0.6 is 0 Å². The molecule has 4 nitrogen and oxygen atoms in total. The van der Waals surface area contributed by atoms with Gasteiger partial charge in [0.05, 0.1) is 13.0 Å². The molecule has 82 valence electrons. The zero-order valence-corrected chi connectivity index (χ0v) is 8.31. The fraction of sp³-hybridized carbons (Fsp3) is 0.364. The lowest BCUT2D eigenvalue weighted by atomic mass is 9.97. The van der Waals surface area contributed by atoms with E-state index >= 15 is 0 Å². The minimum Gasteiger partial charge on any atom is -0.481 e. The number of hydrogen-bond acceptors (Lipinski definition) is 3. The van der Waals surface area contributed by atoms with Crippen LogP contribution in [0.15, 0.2) is 18.2 Å². The molecule has 4 heteroatoms. The molecule has 0 bridgehead atoms. The number of carboxylic acid groups (broad SMARTS) is 1. The number of hydrogen-bond donors (Lipinski definition) is 3. The van der Waals surface area contributed by atoms with Gasteiger partial charge in [0.15, 0.2) is 0 Å². The van der Waals surface area contributed by atoms with E-state index in [0.717, 1.165) is 5.56 Å². The summed E-state index contributed by atoms with van der Waals surface area (Å²) in [4.78, 5) is 10.6. The summed E-state index contributed by atoms with van der Waals surface area (Å²) in [6.07, 6.45) is 0.294. The van der Waals surface area contributed by atoms with E-state index in [1.807, 2.05) is 0 Å². The first-order chi connectivity index (χ1) is 7.19. The standard InChI is InChI=1S/C11H14O4/c12-5-4-10-8(6-11(14)15)2-1-3-9(10)7-13/h1-3,12-13H,4-7H2,(H,14,15). The summed E-state index contributed by atoms with van der Waals surface area (Å²) < 4.78 is 0. The largest absolute Gasteiger partial charge is 0.481 e. The minimum absolute atomic E-state index is 0.0520. The van der Waals surface area contributed by atoms with Gasteiger partial charge in [-0.25, -0.2) is 0 Å². The van der Waals surface area contributed by atoms with E-state index in [2.05, 4.69) is 0 Å². The Bertz CT molecular complexity index is 346. The molecule has 1 aromatic rings. The molecule has 0 spiro atoms. The molecule has 1 aromatic carbocycles. The molecule has 0 atom stereocenters. The summed E-state index contributed by atoms with van der Waals surface area (Å²) in [5.74, 6) is -0.913. The van der Waals surface area contributed by atoms with E-state index in [-0.39, 0.29) is 19.6 Å². The second-order valence-corrected chi connectivity index (χ2v) is 3.26. The van der Waals surface area contributed by atoms with Crippen LogP contribution in [0.1, 0.15) is 16.7 Å². The highest BCUT2D eigenvalue weighted by molar-refractivity contribution is 5.71. The quantitative estimate of drug-likeness (QED) is 0.655. The number of aliphatic carboxylic acids is 1. The Labute approximate surface area is 87.8 Å². The maximum absolute atomic E-state index is 10.6. The number of rotatable bonds is 5. The maximum Gasteiger partial charge on any atom is 0.307 e. The first-order valence-corrected chi connectivity index (χ1v) is 4.72. The van der Waals surface area contributed by atoms with Crippen LogP contribution in [0.4, 0.5) is 0 Å². The molecule has 0 aliphatic rings. The first-order valence-electron chi connectivity index (χ1n) is 4.72. The average molecular weight is 210 g/mol. The molecule has 0 saturated heterocycles. The fourth-order valence-corrected chi connectivity index (χ4v) is 1.60. The monoisotopic (exact) mass is 210 g/mol. The van der Waals surface area contributed by atoms with Crippen molar-refractivity contribution in [3.8, 4) is 0 Å². The van der Waals surface area contributed by atoms with E-state index < -0.39 is 5.97 Å². The molecule has 0 aromatic heterocycles. The topological polar surface area (TPSA) is 77.8 Å². The Morgan fingerprint density at radius 2 is 1.87 bits per heavy atom. The highest BCUT2D eigenvalue weighted by Gasteiger charge is 2.09.